The van der Waals surface area contributed by atoms with Crippen molar-refractivity contribution in [3.05, 3.63) is 44.0 Å². The number of hydrogen-bond donors (Lipinski definition) is 1. The third-order valence-electron chi connectivity index (χ3n) is 2.59. The Morgan fingerprint density at radius 1 is 1.04 bits per heavy atom. The van der Waals surface area contributed by atoms with Gasteiger partial charge in [0.1, 0.15) is 12.4 Å². The lowest BCUT2D eigenvalue weighted by atomic mass is 10.4. The van der Waals surface area contributed by atoms with Gasteiger partial charge in [-0.05, 0) is 0 Å². The van der Waals surface area contributed by atoms with Gasteiger partial charge in [-0.2, -0.15) is 10.2 Å². The molecule has 1 N–H and O–H groups in total. The molecule has 0 bridgehead atoms. The van der Waals surface area contributed by atoms with Crippen molar-refractivity contribution in [1.29, 1.82) is 0 Å². The average molecular weight is 356 g/mol. The third kappa shape index (κ3) is 4.57. The summed E-state index contributed by atoms with van der Waals surface area (Å²) in [5, 5.41) is 36.1. The van der Waals surface area contributed by atoms with E-state index in [2.05, 4.69) is 14.9 Å². The summed E-state index contributed by atoms with van der Waals surface area (Å²) in [5.74, 6) is -2.21. The Labute approximate surface area is 138 Å². The number of methoxy groups -OCH3 is 1. The Balaban J connectivity index is 0.000000251. The monoisotopic (exact) mass is 356 g/mol. The molecule has 2 heterocycles. The molecule has 0 amide bonds. The second-order valence-corrected chi connectivity index (χ2v) is 4.38. The number of aromatic carboxylic acids is 1. The highest BCUT2D eigenvalue weighted by Crippen LogP contribution is 2.16. The zero-order chi connectivity index (χ0) is 19.3. The fourth-order valence-corrected chi connectivity index (χ4v) is 1.61. The predicted octanol–water partition coefficient (Wildman–Crippen LogP) is 0.141. The smallest absolute Gasteiger partial charge is 0.365 e. The van der Waals surface area contributed by atoms with Crippen LogP contribution in [0, 0.1) is 20.2 Å². The van der Waals surface area contributed by atoms with E-state index in [1.165, 1.54) is 18.8 Å². The number of ether oxygens (including phenoxy) is 1. The molecule has 0 saturated carbocycles. The number of carboxylic acid groups (broad SMARTS) is 1. The van der Waals surface area contributed by atoms with Crippen LogP contribution in [0.25, 0.3) is 0 Å². The van der Waals surface area contributed by atoms with Crippen molar-refractivity contribution in [3.8, 4) is 0 Å². The number of rotatable bonds is 4. The highest BCUT2D eigenvalue weighted by atomic mass is 16.6. The Kier molecular flexibility index (Phi) is 5.86. The molecule has 2 aromatic heterocycles. The Morgan fingerprint density at radius 3 is 1.76 bits per heavy atom. The highest BCUT2D eigenvalue weighted by molar-refractivity contribution is 5.91. The van der Waals surface area contributed by atoms with E-state index in [1.54, 1.807) is 0 Å². The van der Waals surface area contributed by atoms with Crippen molar-refractivity contribution in [1.82, 2.24) is 19.6 Å². The first-order valence-electron chi connectivity index (χ1n) is 6.26. The number of carboxylic acids is 1. The van der Waals surface area contributed by atoms with E-state index < -0.39 is 33.2 Å². The number of nitrogens with zero attached hydrogens (tertiary/aromatic N) is 6. The third-order valence-corrected chi connectivity index (χ3v) is 2.59. The molecule has 0 aliphatic rings. The molecule has 14 nitrogen and oxygen atoms in total. The van der Waals surface area contributed by atoms with E-state index in [0.717, 1.165) is 24.2 Å². The molecule has 25 heavy (non-hydrogen) atoms. The van der Waals surface area contributed by atoms with Gasteiger partial charge in [-0.1, -0.05) is 0 Å². The van der Waals surface area contributed by atoms with Crippen molar-refractivity contribution >= 4 is 23.3 Å². The molecule has 0 aliphatic heterocycles. The molecule has 2 rings (SSSR count). The lowest BCUT2D eigenvalue weighted by Gasteiger charge is -1.92. The predicted molar refractivity (Wildman–Crippen MR) is 78.0 cm³/mol. The van der Waals surface area contributed by atoms with Gasteiger partial charge in [0.2, 0.25) is 11.4 Å². The SMILES string of the molecule is COC(=O)c1nn(C)cc1[N+](=O)[O-].Cn1cc([N+](=O)[O-])c(C(=O)O)n1. The van der Waals surface area contributed by atoms with Crippen LogP contribution in [-0.4, -0.2) is 53.6 Å². The van der Waals surface area contributed by atoms with Crippen LogP contribution in [0.5, 0.6) is 0 Å². The van der Waals surface area contributed by atoms with Crippen molar-refractivity contribution in [2.75, 3.05) is 7.11 Å². The van der Waals surface area contributed by atoms with Crippen molar-refractivity contribution in [3.63, 3.8) is 0 Å². The topological polar surface area (TPSA) is 186 Å². The zero-order valence-electron chi connectivity index (χ0n) is 13.1. The number of aryl methyl sites for hydroxylation is 2. The normalized spacial score (nSPS) is 9.72. The van der Waals surface area contributed by atoms with E-state index in [0.29, 0.717) is 0 Å². The molecule has 14 heteroatoms. The molecular weight excluding hydrogens is 344 g/mol. The van der Waals surface area contributed by atoms with Gasteiger partial charge in [-0.15, -0.1) is 0 Å². The number of carbonyl (C=O) groups excluding carboxylic acids is 1. The summed E-state index contributed by atoms with van der Waals surface area (Å²) in [5.41, 5.74) is -1.67. The summed E-state index contributed by atoms with van der Waals surface area (Å²) < 4.78 is 6.59. The number of hydrogen-bond acceptors (Lipinski definition) is 9. The Hall–Kier alpha value is -3.84. The van der Waals surface area contributed by atoms with Gasteiger partial charge in [-0.3, -0.25) is 29.6 Å². The molecule has 0 aliphatic carbocycles. The van der Waals surface area contributed by atoms with Gasteiger partial charge < -0.3 is 9.84 Å². The summed E-state index contributed by atoms with van der Waals surface area (Å²) in [7, 11) is 4.04. The quantitative estimate of drug-likeness (QED) is 0.448. The van der Waals surface area contributed by atoms with E-state index >= 15 is 0 Å². The van der Waals surface area contributed by atoms with Gasteiger partial charge in [-0.25, -0.2) is 9.59 Å². The van der Waals surface area contributed by atoms with Crippen LogP contribution in [0.2, 0.25) is 0 Å². The maximum absolute atomic E-state index is 10.9. The maximum Gasteiger partial charge on any atom is 0.365 e. The molecule has 0 saturated heterocycles. The van der Waals surface area contributed by atoms with Crippen LogP contribution in [0.15, 0.2) is 12.4 Å². The molecule has 0 unspecified atom stereocenters. The van der Waals surface area contributed by atoms with Gasteiger partial charge in [0, 0.05) is 14.1 Å². The Bertz CT molecular complexity index is 806. The molecular formula is C11H12N6O8. The first-order chi connectivity index (χ1) is 11.6. The number of carbonyl (C=O) groups is 2. The van der Waals surface area contributed by atoms with Crippen LogP contribution < -0.4 is 0 Å². The lowest BCUT2D eigenvalue weighted by molar-refractivity contribution is -0.385. The second-order valence-electron chi connectivity index (χ2n) is 4.38. The Morgan fingerprint density at radius 2 is 1.44 bits per heavy atom. The molecule has 0 spiro atoms. The standard InChI is InChI=1S/C6H7N3O4.C5H5N3O4/c1-8-3-4(9(11)12)5(7-8)6(10)13-2;1-7-2-3(8(11)12)4(6-7)5(9)10/h3H,1-2H3;2H,1H3,(H,9,10). The number of aromatic nitrogens is 4. The van der Waals surface area contributed by atoms with E-state index in [9.17, 15) is 29.8 Å². The summed E-state index contributed by atoms with van der Waals surface area (Å²) in [6, 6.07) is 0. The lowest BCUT2D eigenvalue weighted by Crippen LogP contribution is -2.05. The maximum atomic E-state index is 10.9. The van der Waals surface area contributed by atoms with Gasteiger partial charge in [0.05, 0.1) is 17.0 Å². The average Bonchev–Trinajstić information content (AvgIpc) is 3.10. The molecule has 0 fully saturated rings. The first kappa shape index (κ1) is 19.2. The second kappa shape index (κ2) is 7.62. The van der Waals surface area contributed by atoms with Gasteiger partial charge in [0.15, 0.2) is 0 Å². The molecule has 0 aromatic carbocycles. The minimum Gasteiger partial charge on any atom is -0.476 e. The summed E-state index contributed by atoms with van der Waals surface area (Å²) in [4.78, 5) is 40.5. The fraction of sp³-hybridized carbons (Fsp3) is 0.273. The molecule has 0 radical (unpaired) electrons. The van der Waals surface area contributed by atoms with Crippen molar-refractivity contribution < 1.29 is 29.3 Å². The van der Waals surface area contributed by atoms with Crippen molar-refractivity contribution in [2.24, 2.45) is 14.1 Å². The van der Waals surface area contributed by atoms with Crippen LogP contribution in [0.1, 0.15) is 21.0 Å². The van der Waals surface area contributed by atoms with Crippen LogP contribution in [0.4, 0.5) is 11.4 Å². The summed E-state index contributed by atoms with van der Waals surface area (Å²) in [6.45, 7) is 0. The van der Waals surface area contributed by atoms with Crippen LogP contribution in [0.3, 0.4) is 0 Å². The minimum absolute atomic E-state index is 0.282. The molecule has 134 valence electrons. The molecule has 0 atom stereocenters. The molecule has 2 aromatic rings. The largest absolute Gasteiger partial charge is 0.476 e. The highest BCUT2D eigenvalue weighted by Gasteiger charge is 2.25. The fourth-order valence-electron chi connectivity index (χ4n) is 1.61. The van der Waals surface area contributed by atoms with Crippen LogP contribution >= 0.6 is 0 Å². The van der Waals surface area contributed by atoms with Gasteiger partial charge in [0.25, 0.3) is 0 Å². The zero-order valence-corrected chi connectivity index (χ0v) is 13.1. The summed E-state index contributed by atoms with van der Waals surface area (Å²) in [6.07, 6.45) is 2.19. The van der Waals surface area contributed by atoms with Crippen molar-refractivity contribution in [2.45, 2.75) is 0 Å². The van der Waals surface area contributed by atoms with Crippen LogP contribution in [-0.2, 0) is 18.8 Å². The number of esters is 1. The first-order valence-corrected chi connectivity index (χ1v) is 6.26. The van der Waals surface area contributed by atoms with E-state index in [1.807, 2.05) is 0 Å². The summed E-state index contributed by atoms with van der Waals surface area (Å²) >= 11 is 0. The van der Waals surface area contributed by atoms with E-state index in [4.69, 9.17) is 5.11 Å². The van der Waals surface area contributed by atoms with E-state index in [-0.39, 0.29) is 11.4 Å². The minimum atomic E-state index is -1.40. The number of nitro groups is 2. The van der Waals surface area contributed by atoms with Gasteiger partial charge >= 0.3 is 23.3 Å².